The second kappa shape index (κ2) is 7.19. The Morgan fingerprint density at radius 3 is 2.48 bits per heavy atom. The fourth-order valence-corrected chi connectivity index (χ4v) is 3.48. The summed E-state index contributed by atoms with van der Waals surface area (Å²) in [5.74, 6) is -1.11. The van der Waals surface area contributed by atoms with Crippen molar-refractivity contribution in [1.82, 2.24) is 9.62 Å². The molecule has 0 saturated carbocycles. The predicted molar refractivity (Wildman–Crippen MR) is 78.3 cm³/mol. The third-order valence-electron chi connectivity index (χ3n) is 3.07. The number of β-amino-alcohol motifs (C(OH)–C–C–N with tert-alkyl or cyclic N) is 1. The highest BCUT2D eigenvalue weighted by molar-refractivity contribution is 7.89. The van der Waals surface area contributed by atoms with E-state index in [0.29, 0.717) is 13.1 Å². The van der Waals surface area contributed by atoms with Crippen molar-refractivity contribution < 1.29 is 23.4 Å². The van der Waals surface area contributed by atoms with Crippen LogP contribution in [0.25, 0.3) is 0 Å². The largest absolute Gasteiger partial charge is 0.478 e. The van der Waals surface area contributed by atoms with Gasteiger partial charge in [0.25, 0.3) is 0 Å². The van der Waals surface area contributed by atoms with Gasteiger partial charge in [0.1, 0.15) is 0 Å². The number of carboxylic acid groups (broad SMARTS) is 1. The Balaban J connectivity index is 0.00000220. The van der Waals surface area contributed by atoms with Gasteiger partial charge in [-0.05, 0) is 24.3 Å². The van der Waals surface area contributed by atoms with Gasteiger partial charge in [-0.25, -0.2) is 13.2 Å². The van der Waals surface area contributed by atoms with E-state index in [-0.39, 0.29) is 36.0 Å². The van der Waals surface area contributed by atoms with Gasteiger partial charge >= 0.3 is 5.97 Å². The van der Waals surface area contributed by atoms with Crippen molar-refractivity contribution in [3.8, 4) is 0 Å². The first kappa shape index (κ1) is 17.9. The van der Waals surface area contributed by atoms with Crippen LogP contribution in [-0.2, 0) is 10.0 Å². The van der Waals surface area contributed by atoms with Crippen LogP contribution in [0.1, 0.15) is 10.4 Å². The summed E-state index contributed by atoms with van der Waals surface area (Å²) in [4.78, 5) is 10.8. The molecule has 2 rings (SSSR count). The number of aliphatic hydroxyl groups is 1. The first-order valence-corrected chi connectivity index (χ1v) is 7.57. The number of aliphatic hydroxyl groups excluding tert-OH is 1. The lowest BCUT2D eigenvalue weighted by atomic mass is 10.2. The lowest BCUT2D eigenvalue weighted by molar-refractivity contribution is 0.0696. The molecule has 1 aliphatic rings. The van der Waals surface area contributed by atoms with E-state index in [1.54, 1.807) is 0 Å². The van der Waals surface area contributed by atoms with Crippen molar-refractivity contribution in [1.29, 1.82) is 0 Å². The predicted octanol–water partition coefficient (Wildman–Crippen LogP) is -0.239. The average molecular weight is 337 g/mol. The summed E-state index contributed by atoms with van der Waals surface area (Å²) < 4.78 is 26.0. The van der Waals surface area contributed by atoms with Crippen LogP contribution >= 0.6 is 12.4 Å². The van der Waals surface area contributed by atoms with Crippen molar-refractivity contribution in [2.75, 3.05) is 26.2 Å². The van der Waals surface area contributed by atoms with Crippen molar-refractivity contribution in [2.45, 2.75) is 11.0 Å². The van der Waals surface area contributed by atoms with Crippen molar-refractivity contribution in [3.63, 3.8) is 0 Å². The van der Waals surface area contributed by atoms with Gasteiger partial charge in [-0.1, -0.05) is 0 Å². The van der Waals surface area contributed by atoms with Crippen molar-refractivity contribution in [3.05, 3.63) is 29.8 Å². The minimum atomic E-state index is -3.72. The third kappa shape index (κ3) is 4.14. The molecule has 118 valence electrons. The molecule has 0 aliphatic carbocycles. The zero-order valence-corrected chi connectivity index (χ0v) is 12.7. The third-order valence-corrected chi connectivity index (χ3v) is 4.95. The second-order valence-corrected chi connectivity index (χ2v) is 6.49. The van der Waals surface area contributed by atoms with Crippen LogP contribution in [0.2, 0.25) is 0 Å². The number of hydrogen-bond acceptors (Lipinski definition) is 5. The minimum Gasteiger partial charge on any atom is -0.478 e. The van der Waals surface area contributed by atoms with Crippen molar-refractivity contribution >= 4 is 28.4 Å². The molecule has 1 heterocycles. The number of hydrogen-bond donors (Lipinski definition) is 3. The highest BCUT2D eigenvalue weighted by atomic mass is 35.5. The van der Waals surface area contributed by atoms with Gasteiger partial charge in [-0.2, -0.15) is 4.31 Å². The molecule has 1 aromatic carbocycles. The lowest BCUT2D eigenvalue weighted by Gasteiger charge is -2.21. The quantitative estimate of drug-likeness (QED) is 0.703. The molecule has 0 aromatic heterocycles. The maximum Gasteiger partial charge on any atom is 0.335 e. The summed E-state index contributed by atoms with van der Waals surface area (Å²) >= 11 is 0. The molecule has 1 aromatic rings. The molecule has 7 nitrogen and oxygen atoms in total. The van der Waals surface area contributed by atoms with E-state index in [1.165, 1.54) is 28.6 Å². The number of carbonyl (C=O) groups is 1. The van der Waals surface area contributed by atoms with Gasteiger partial charge in [0.05, 0.1) is 16.6 Å². The highest BCUT2D eigenvalue weighted by Gasteiger charge is 2.28. The Morgan fingerprint density at radius 1 is 1.29 bits per heavy atom. The molecule has 0 spiro atoms. The van der Waals surface area contributed by atoms with Gasteiger partial charge < -0.3 is 15.5 Å². The van der Waals surface area contributed by atoms with Gasteiger partial charge in [0, 0.05) is 26.2 Å². The van der Waals surface area contributed by atoms with Crippen LogP contribution < -0.4 is 5.32 Å². The summed E-state index contributed by atoms with van der Waals surface area (Å²) in [6, 6.07) is 5.04. The molecule has 1 saturated heterocycles. The van der Waals surface area contributed by atoms with Gasteiger partial charge in [-0.15, -0.1) is 12.4 Å². The SMILES string of the molecule is Cl.O=C(O)c1ccc(S(=O)(=O)N2CCNCC(O)C2)cc1. The van der Waals surface area contributed by atoms with Crippen LogP contribution in [0.5, 0.6) is 0 Å². The monoisotopic (exact) mass is 336 g/mol. The number of aromatic carboxylic acids is 1. The molecule has 3 N–H and O–H groups in total. The average Bonchev–Trinajstić information content (AvgIpc) is 2.64. The zero-order valence-electron chi connectivity index (χ0n) is 11.1. The normalized spacial score (nSPS) is 20.3. The first-order valence-electron chi connectivity index (χ1n) is 6.13. The van der Waals surface area contributed by atoms with Crippen LogP contribution in [-0.4, -0.2) is 61.2 Å². The van der Waals surface area contributed by atoms with E-state index in [4.69, 9.17) is 5.11 Å². The Labute approximate surface area is 129 Å². The Morgan fingerprint density at radius 2 is 1.90 bits per heavy atom. The van der Waals surface area contributed by atoms with E-state index < -0.39 is 22.1 Å². The highest BCUT2D eigenvalue weighted by Crippen LogP contribution is 2.17. The van der Waals surface area contributed by atoms with E-state index in [9.17, 15) is 18.3 Å². The van der Waals surface area contributed by atoms with E-state index >= 15 is 0 Å². The molecular weight excluding hydrogens is 320 g/mol. The standard InChI is InChI=1S/C12H16N2O5S.ClH/c15-10-7-13-5-6-14(8-10)20(18,19)11-3-1-9(2-4-11)12(16)17;/h1-4,10,13,15H,5-8H2,(H,16,17);1H. The summed E-state index contributed by atoms with van der Waals surface area (Å²) in [5, 5.41) is 21.4. The number of nitrogens with zero attached hydrogens (tertiary/aromatic N) is 1. The number of nitrogens with one attached hydrogen (secondary N) is 1. The zero-order chi connectivity index (χ0) is 14.8. The summed E-state index contributed by atoms with van der Waals surface area (Å²) in [6.45, 7) is 1.10. The van der Waals surface area contributed by atoms with Crippen LogP contribution in [0.4, 0.5) is 0 Å². The van der Waals surface area contributed by atoms with Crippen LogP contribution in [0.15, 0.2) is 29.2 Å². The molecule has 1 fully saturated rings. The molecule has 9 heteroatoms. The maximum absolute atomic E-state index is 12.4. The number of carboxylic acids is 1. The fraction of sp³-hybridized carbons (Fsp3) is 0.417. The fourth-order valence-electron chi connectivity index (χ4n) is 2.00. The molecule has 0 amide bonds. The summed E-state index contributed by atoms with van der Waals surface area (Å²) in [7, 11) is -3.72. The Hall–Kier alpha value is -1.19. The van der Waals surface area contributed by atoms with E-state index in [0.717, 1.165) is 0 Å². The van der Waals surface area contributed by atoms with Crippen LogP contribution in [0, 0.1) is 0 Å². The van der Waals surface area contributed by atoms with Crippen molar-refractivity contribution in [2.24, 2.45) is 0 Å². The Kier molecular flexibility index (Phi) is 6.11. The minimum absolute atomic E-state index is 0. The van der Waals surface area contributed by atoms with Gasteiger partial charge in [0.2, 0.25) is 10.0 Å². The molecule has 0 radical (unpaired) electrons. The molecule has 1 atom stereocenters. The second-order valence-electron chi connectivity index (χ2n) is 4.55. The molecule has 21 heavy (non-hydrogen) atoms. The number of halogens is 1. The molecule has 0 bridgehead atoms. The van der Waals surface area contributed by atoms with Gasteiger partial charge in [-0.3, -0.25) is 0 Å². The molecule has 1 aliphatic heterocycles. The number of sulfonamides is 1. The van der Waals surface area contributed by atoms with Crippen LogP contribution in [0.3, 0.4) is 0 Å². The van der Waals surface area contributed by atoms with E-state index in [2.05, 4.69) is 5.32 Å². The topological polar surface area (TPSA) is 107 Å². The number of benzene rings is 1. The van der Waals surface area contributed by atoms with E-state index in [1.807, 2.05) is 0 Å². The Bertz CT molecular complexity index is 590. The summed E-state index contributed by atoms with van der Waals surface area (Å²) in [6.07, 6.45) is -0.759. The lowest BCUT2D eigenvalue weighted by Crippen LogP contribution is -2.37. The maximum atomic E-state index is 12.4. The summed E-state index contributed by atoms with van der Waals surface area (Å²) in [5.41, 5.74) is 0.0292. The molecular formula is C12H17ClN2O5S. The molecule has 1 unspecified atom stereocenters. The number of rotatable bonds is 3. The first-order chi connectivity index (χ1) is 9.41. The smallest absolute Gasteiger partial charge is 0.335 e. The van der Waals surface area contributed by atoms with Gasteiger partial charge in [0.15, 0.2) is 0 Å².